The first kappa shape index (κ1) is 16.1. The van der Waals surface area contributed by atoms with E-state index in [1.807, 2.05) is 50.2 Å². The summed E-state index contributed by atoms with van der Waals surface area (Å²) < 4.78 is 1.07. The summed E-state index contributed by atoms with van der Waals surface area (Å²) in [4.78, 5) is 13.2. The predicted molar refractivity (Wildman–Crippen MR) is 94.0 cm³/mol. The SMILES string of the molecule is Cc1cccc(C)c1NC(=O)CCSc1ccccc1Br. The first-order valence-electron chi connectivity index (χ1n) is 6.81. The normalized spacial score (nSPS) is 10.4. The Kier molecular flexibility index (Phi) is 5.88. The third-order valence-corrected chi connectivity index (χ3v) is 5.20. The molecule has 2 aromatic carbocycles. The predicted octanol–water partition coefficient (Wildman–Crippen LogP) is 5.19. The van der Waals surface area contributed by atoms with E-state index in [1.54, 1.807) is 11.8 Å². The molecule has 2 aromatic rings. The first-order chi connectivity index (χ1) is 10.1. The zero-order valence-corrected chi connectivity index (χ0v) is 14.6. The molecule has 0 atom stereocenters. The molecule has 0 unspecified atom stereocenters. The number of carbonyl (C=O) groups is 1. The highest BCUT2D eigenvalue weighted by Gasteiger charge is 2.08. The van der Waals surface area contributed by atoms with Crippen molar-refractivity contribution >= 4 is 39.3 Å². The molecule has 4 heteroatoms. The highest BCUT2D eigenvalue weighted by Crippen LogP contribution is 2.27. The molecule has 21 heavy (non-hydrogen) atoms. The van der Waals surface area contributed by atoms with E-state index in [9.17, 15) is 4.79 Å². The Bertz CT molecular complexity index is 622. The number of hydrogen-bond acceptors (Lipinski definition) is 2. The van der Waals surface area contributed by atoms with Gasteiger partial charge >= 0.3 is 0 Å². The van der Waals surface area contributed by atoms with Crippen LogP contribution in [-0.2, 0) is 4.79 Å². The van der Waals surface area contributed by atoms with Crippen molar-refractivity contribution in [3.05, 3.63) is 58.1 Å². The van der Waals surface area contributed by atoms with Crippen LogP contribution in [0.2, 0.25) is 0 Å². The molecule has 0 aliphatic heterocycles. The van der Waals surface area contributed by atoms with Gasteiger partial charge in [-0.15, -0.1) is 11.8 Å². The van der Waals surface area contributed by atoms with Crippen LogP contribution in [0, 0.1) is 13.8 Å². The maximum atomic E-state index is 12.1. The summed E-state index contributed by atoms with van der Waals surface area (Å²) in [6.45, 7) is 4.02. The molecular weight excluding hydrogens is 346 g/mol. The van der Waals surface area contributed by atoms with Crippen molar-refractivity contribution in [1.29, 1.82) is 0 Å². The maximum Gasteiger partial charge on any atom is 0.225 e. The van der Waals surface area contributed by atoms with Crippen molar-refractivity contribution in [3.8, 4) is 0 Å². The Labute approximate surface area is 138 Å². The number of carbonyl (C=O) groups excluding carboxylic acids is 1. The molecule has 0 aromatic heterocycles. The number of aryl methyl sites for hydroxylation is 2. The second-order valence-electron chi connectivity index (χ2n) is 4.84. The van der Waals surface area contributed by atoms with Gasteiger partial charge in [0.1, 0.15) is 0 Å². The van der Waals surface area contributed by atoms with Crippen LogP contribution in [0.5, 0.6) is 0 Å². The van der Waals surface area contributed by atoms with Gasteiger partial charge in [-0.2, -0.15) is 0 Å². The lowest BCUT2D eigenvalue weighted by Crippen LogP contribution is -2.14. The standard InChI is InChI=1S/C17H18BrNOS/c1-12-6-5-7-13(2)17(12)19-16(20)10-11-21-15-9-4-3-8-14(15)18/h3-9H,10-11H2,1-2H3,(H,19,20). The highest BCUT2D eigenvalue weighted by molar-refractivity contribution is 9.10. The van der Waals surface area contributed by atoms with Crippen molar-refractivity contribution in [2.45, 2.75) is 25.2 Å². The second kappa shape index (κ2) is 7.66. The number of amides is 1. The van der Waals surface area contributed by atoms with Gasteiger partial charge in [0.2, 0.25) is 5.91 Å². The van der Waals surface area contributed by atoms with Crippen molar-refractivity contribution in [1.82, 2.24) is 0 Å². The first-order valence-corrected chi connectivity index (χ1v) is 8.59. The van der Waals surface area contributed by atoms with E-state index < -0.39 is 0 Å². The number of thioether (sulfide) groups is 1. The van der Waals surface area contributed by atoms with E-state index >= 15 is 0 Å². The van der Waals surface area contributed by atoms with E-state index in [-0.39, 0.29) is 5.91 Å². The van der Waals surface area contributed by atoms with Crippen LogP contribution in [0.25, 0.3) is 0 Å². The molecule has 0 saturated heterocycles. The molecule has 2 nitrogen and oxygen atoms in total. The number of nitrogens with one attached hydrogen (secondary N) is 1. The molecule has 0 fully saturated rings. The molecule has 2 rings (SSSR count). The van der Waals surface area contributed by atoms with Gasteiger partial charge in [-0.1, -0.05) is 30.3 Å². The minimum absolute atomic E-state index is 0.0620. The van der Waals surface area contributed by atoms with Crippen LogP contribution in [0.15, 0.2) is 51.8 Å². The molecule has 0 radical (unpaired) electrons. The largest absolute Gasteiger partial charge is 0.326 e. The topological polar surface area (TPSA) is 29.1 Å². The summed E-state index contributed by atoms with van der Waals surface area (Å²) in [6.07, 6.45) is 0.500. The Balaban J connectivity index is 1.87. The highest BCUT2D eigenvalue weighted by atomic mass is 79.9. The summed E-state index contributed by atoms with van der Waals surface area (Å²) >= 11 is 5.20. The van der Waals surface area contributed by atoms with Crippen molar-refractivity contribution in [2.75, 3.05) is 11.1 Å². The minimum Gasteiger partial charge on any atom is -0.326 e. The van der Waals surface area contributed by atoms with Gasteiger partial charge in [-0.25, -0.2) is 0 Å². The lowest BCUT2D eigenvalue weighted by molar-refractivity contribution is -0.115. The molecular formula is C17H18BrNOS. The fourth-order valence-corrected chi connectivity index (χ4v) is 3.55. The molecule has 0 saturated carbocycles. The number of benzene rings is 2. The van der Waals surface area contributed by atoms with Crippen LogP contribution >= 0.6 is 27.7 Å². The van der Waals surface area contributed by atoms with Gasteiger partial charge in [0.25, 0.3) is 0 Å². The van der Waals surface area contributed by atoms with E-state index in [0.717, 1.165) is 31.9 Å². The van der Waals surface area contributed by atoms with E-state index in [4.69, 9.17) is 0 Å². The second-order valence-corrected chi connectivity index (χ2v) is 6.83. The van der Waals surface area contributed by atoms with Gasteiger partial charge in [0.05, 0.1) is 0 Å². The summed E-state index contributed by atoms with van der Waals surface area (Å²) in [5.74, 6) is 0.825. The molecule has 110 valence electrons. The summed E-state index contributed by atoms with van der Waals surface area (Å²) in [5.41, 5.74) is 3.14. The number of rotatable bonds is 5. The van der Waals surface area contributed by atoms with Crippen molar-refractivity contribution < 1.29 is 4.79 Å². The Morgan fingerprint density at radius 2 is 1.76 bits per heavy atom. The van der Waals surface area contributed by atoms with Crippen LogP contribution < -0.4 is 5.32 Å². The van der Waals surface area contributed by atoms with Gasteiger partial charge in [0, 0.05) is 27.2 Å². The van der Waals surface area contributed by atoms with E-state index in [1.165, 1.54) is 0 Å². The van der Waals surface area contributed by atoms with Crippen LogP contribution in [0.1, 0.15) is 17.5 Å². The summed E-state index contributed by atoms with van der Waals surface area (Å²) in [6, 6.07) is 14.1. The van der Waals surface area contributed by atoms with Crippen molar-refractivity contribution in [3.63, 3.8) is 0 Å². The maximum absolute atomic E-state index is 12.1. The zero-order chi connectivity index (χ0) is 15.2. The molecule has 0 bridgehead atoms. The molecule has 0 aliphatic rings. The zero-order valence-electron chi connectivity index (χ0n) is 12.2. The van der Waals surface area contributed by atoms with Gasteiger partial charge in [-0.05, 0) is 53.0 Å². The fraction of sp³-hybridized carbons (Fsp3) is 0.235. The van der Waals surface area contributed by atoms with E-state index in [2.05, 4.69) is 27.3 Å². The molecule has 1 N–H and O–H groups in total. The number of para-hydroxylation sites is 1. The average Bonchev–Trinajstić information content (AvgIpc) is 2.45. The van der Waals surface area contributed by atoms with E-state index in [0.29, 0.717) is 6.42 Å². The molecule has 0 heterocycles. The number of halogens is 1. The monoisotopic (exact) mass is 363 g/mol. The average molecular weight is 364 g/mol. The van der Waals surface area contributed by atoms with Crippen LogP contribution in [0.3, 0.4) is 0 Å². The quantitative estimate of drug-likeness (QED) is 0.740. The van der Waals surface area contributed by atoms with Crippen LogP contribution in [0.4, 0.5) is 5.69 Å². The summed E-state index contributed by atoms with van der Waals surface area (Å²) in [5, 5.41) is 3.02. The molecule has 1 amide bonds. The lowest BCUT2D eigenvalue weighted by atomic mass is 10.1. The number of anilines is 1. The molecule has 0 spiro atoms. The van der Waals surface area contributed by atoms with Crippen molar-refractivity contribution in [2.24, 2.45) is 0 Å². The smallest absolute Gasteiger partial charge is 0.225 e. The Morgan fingerprint density at radius 1 is 1.10 bits per heavy atom. The summed E-state index contributed by atoms with van der Waals surface area (Å²) in [7, 11) is 0. The minimum atomic E-state index is 0.0620. The molecule has 0 aliphatic carbocycles. The van der Waals surface area contributed by atoms with Gasteiger partial charge in [0.15, 0.2) is 0 Å². The Hall–Kier alpha value is -1.26. The third kappa shape index (κ3) is 4.61. The fourth-order valence-electron chi connectivity index (χ4n) is 2.03. The lowest BCUT2D eigenvalue weighted by Gasteiger charge is -2.11. The van der Waals surface area contributed by atoms with Crippen LogP contribution in [-0.4, -0.2) is 11.7 Å². The van der Waals surface area contributed by atoms with Gasteiger partial charge < -0.3 is 5.32 Å². The third-order valence-electron chi connectivity index (χ3n) is 3.17. The van der Waals surface area contributed by atoms with Gasteiger partial charge in [-0.3, -0.25) is 4.79 Å². The number of hydrogen-bond donors (Lipinski definition) is 1. The Morgan fingerprint density at radius 3 is 2.43 bits per heavy atom.